The van der Waals surface area contributed by atoms with Crippen LogP contribution in [0.4, 0.5) is 5.69 Å². The van der Waals surface area contributed by atoms with E-state index < -0.39 is 0 Å². The lowest BCUT2D eigenvalue weighted by molar-refractivity contribution is 0.104. The van der Waals surface area contributed by atoms with Gasteiger partial charge in [0.1, 0.15) is 5.75 Å². The van der Waals surface area contributed by atoms with Gasteiger partial charge in [0.15, 0.2) is 5.78 Å². The lowest BCUT2D eigenvalue weighted by Crippen LogP contribution is -2.01. The molecule has 0 atom stereocenters. The second kappa shape index (κ2) is 4.74. The molecule has 100 valence electrons. The number of benzene rings is 2. The van der Waals surface area contributed by atoms with Crippen molar-refractivity contribution in [3.05, 3.63) is 59.8 Å². The Morgan fingerprint density at radius 2 is 2.05 bits per heavy atom. The maximum Gasteiger partial charge on any atom is 0.195 e. The summed E-state index contributed by atoms with van der Waals surface area (Å²) in [5, 5.41) is 0.844. The van der Waals surface area contributed by atoms with Crippen molar-refractivity contribution in [2.45, 2.75) is 0 Å². The Bertz CT molecular complexity index is 790. The summed E-state index contributed by atoms with van der Waals surface area (Å²) in [6, 6.07) is 12.6. The van der Waals surface area contributed by atoms with E-state index in [1.165, 1.54) is 0 Å². The van der Waals surface area contributed by atoms with Crippen LogP contribution in [0.3, 0.4) is 0 Å². The van der Waals surface area contributed by atoms with Gasteiger partial charge >= 0.3 is 0 Å². The van der Waals surface area contributed by atoms with Gasteiger partial charge in [0, 0.05) is 33.9 Å². The van der Waals surface area contributed by atoms with E-state index in [-0.39, 0.29) is 5.78 Å². The van der Waals surface area contributed by atoms with Crippen molar-refractivity contribution >= 4 is 22.4 Å². The summed E-state index contributed by atoms with van der Waals surface area (Å²) in [5.74, 6) is 0.663. The van der Waals surface area contributed by atoms with Gasteiger partial charge in [0.2, 0.25) is 0 Å². The molecule has 20 heavy (non-hydrogen) atoms. The zero-order chi connectivity index (χ0) is 14.1. The van der Waals surface area contributed by atoms with Crippen LogP contribution in [0.25, 0.3) is 10.9 Å². The quantitative estimate of drug-likeness (QED) is 0.565. The van der Waals surface area contributed by atoms with Crippen LogP contribution in [0.1, 0.15) is 15.9 Å². The maximum absolute atomic E-state index is 12.6. The first-order chi connectivity index (χ1) is 9.69. The van der Waals surface area contributed by atoms with E-state index in [4.69, 9.17) is 10.5 Å². The zero-order valence-electron chi connectivity index (χ0n) is 11.0. The molecule has 4 heteroatoms. The van der Waals surface area contributed by atoms with Crippen LogP contribution >= 0.6 is 0 Å². The Morgan fingerprint density at radius 1 is 1.20 bits per heavy atom. The summed E-state index contributed by atoms with van der Waals surface area (Å²) in [6.45, 7) is 0. The minimum Gasteiger partial charge on any atom is -0.497 e. The van der Waals surface area contributed by atoms with Gasteiger partial charge in [-0.25, -0.2) is 0 Å². The van der Waals surface area contributed by atoms with E-state index in [9.17, 15) is 4.79 Å². The number of carbonyl (C=O) groups excluding carboxylic acids is 1. The number of H-pyrrole nitrogens is 1. The van der Waals surface area contributed by atoms with Gasteiger partial charge in [-0.2, -0.15) is 0 Å². The number of rotatable bonds is 3. The van der Waals surface area contributed by atoms with Crippen LogP contribution in [-0.4, -0.2) is 17.9 Å². The highest BCUT2D eigenvalue weighted by Crippen LogP contribution is 2.25. The molecule has 0 radical (unpaired) electrons. The minimum absolute atomic E-state index is 0.0585. The molecule has 0 fully saturated rings. The number of nitrogens with two attached hydrogens (primary N) is 1. The molecule has 0 spiro atoms. The van der Waals surface area contributed by atoms with Crippen molar-refractivity contribution in [3.63, 3.8) is 0 Å². The first-order valence-electron chi connectivity index (χ1n) is 6.24. The topological polar surface area (TPSA) is 68.1 Å². The predicted molar refractivity (Wildman–Crippen MR) is 79.1 cm³/mol. The normalized spacial score (nSPS) is 10.7. The number of methoxy groups -OCH3 is 1. The molecule has 0 amide bonds. The van der Waals surface area contributed by atoms with Gasteiger partial charge in [0.05, 0.1) is 7.11 Å². The van der Waals surface area contributed by atoms with Crippen molar-refractivity contribution in [1.82, 2.24) is 4.98 Å². The molecule has 3 rings (SSSR count). The summed E-state index contributed by atoms with van der Waals surface area (Å²) < 4.78 is 5.21. The number of aromatic nitrogens is 1. The number of hydrogen-bond acceptors (Lipinski definition) is 3. The molecule has 1 aromatic heterocycles. The molecule has 3 aromatic rings. The summed E-state index contributed by atoms with van der Waals surface area (Å²) in [5.41, 5.74) is 8.40. The van der Waals surface area contributed by atoms with Crippen molar-refractivity contribution in [2.24, 2.45) is 0 Å². The van der Waals surface area contributed by atoms with E-state index in [0.717, 1.165) is 16.7 Å². The molecule has 3 N–H and O–H groups in total. The molecule has 4 nitrogen and oxygen atoms in total. The SMILES string of the molecule is COc1ccc2[nH]cc(C(=O)c3cccc(N)c3)c2c1. The number of ketones is 1. The van der Waals surface area contributed by atoms with Crippen molar-refractivity contribution in [3.8, 4) is 5.75 Å². The largest absolute Gasteiger partial charge is 0.497 e. The molecule has 0 unspecified atom stereocenters. The molecule has 0 saturated carbocycles. The fraction of sp³-hybridized carbons (Fsp3) is 0.0625. The summed E-state index contributed by atoms with van der Waals surface area (Å²) >= 11 is 0. The number of fused-ring (bicyclic) bond motifs is 1. The zero-order valence-corrected chi connectivity index (χ0v) is 11.0. The van der Waals surface area contributed by atoms with E-state index in [1.54, 1.807) is 37.6 Å². The third kappa shape index (κ3) is 2.01. The third-order valence-electron chi connectivity index (χ3n) is 3.28. The van der Waals surface area contributed by atoms with E-state index in [0.29, 0.717) is 16.8 Å². The smallest absolute Gasteiger partial charge is 0.195 e. The Hall–Kier alpha value is -2.75. The highest BCUT2D eigenvalue weighted by Gasteiger charge is 2.14. The van der Waals surface area contributed by atoms with Crippen LogP contribution in [-0.2, 0) is 0 Å². The number of hydrogen-bond donors (Lipinski definition) is 2. The van der Waals surface area contributed by atoms with Gasteiger partial charge in [-0.05, 0) is 30.3 Å². The monoisotopic (exact) mass is 266 g/mol. The Labute approximate surface area is 116 Å². The van der Waals surface area contributed by atoms with E-state index >= 15 is 0 Å². The summed E-state index contributed by atoms with van der Waals surface area (Å²) in [4.78, 5) is 15.7. The number of anilines is 1. The molecule has 0 aliphatic heterocycles. The Balaban J connectivity index is 2.12. The Morgan fingerprint density at radius 3 is 2.80 bits per heavy atom. The van der Waals surface area contributed by atoms with Crippen LogP contribution in [0, 0.1) is 0 Å². The first-order valence-corrected chi connectivity index (χ1v) is 6.24. The number of nitrogens with one attached hydrogen (secondary N) is 1. The first kappa shape index (κ1) is 12.3. The molecule has 0 aliphatic rings. The van der Waals surface area contributed by atoms with E-state index in [2.05, 4.69) is 4.98 Å². The summed E-state index contributed by atoms with van der Waals surface area (Å²) in [7, 11) is 1.60. The van der Waals surface area contributed by atoms with Gasteiger partial charge in [0.25, 0.3) is 0 Å². The Kier molecular flexibility index (Phi) is 2.91. The highest BCUT2D eigenvalue weighted by molar-refractivity contribution is 6.16. The number of ether oxygens (including phenoxy) is 1. The van der Waals surface area contributed by atoms with Gasteiger partial charge in [-0.3, -0.25) is 4.79 Å². The van der Waals surface area contributed by atoms with Crippen molar-refractivity contribution in [2.75, 3.05) is 12.8 Å². The maximum atomic E-state index is 12.6. The highest BCUT2D eigenvalue weighted by atomic mass is 16.5. The molecule has 1 heterocycles. The van der Waals surface area contributed by atoms with Crippen LogP contribution in [0.15, 0.2) is 48.7 Å². The predicted octanol–water partition coefficient (Wildman–Crippen LogP) is 2.99. The number of carbonyl (C=O) groups is 1. The van der Waals surface area contributed by atoms with Crippen molar-refractivity contribution < 1.29 is 9.53 Å². The number of nitrogen functional groups attached to an aromatic ring is 1. The lowest BCUT2D eigenvalue weighted by atomic mass is 10.0. The second-order valence-corrected chi connectivity index (χ2v) is 4.57. The van der Waals surface area contributed by atoms with Crippen molar-refractivity contribution in [1.29, 1.82) is 0 Å². The second-order valence-electron chi connectivity index (χ2n) is 4.57. The number of aromatic amines is 1. The third-order valence-corrected chi connectivity index (χ3v) is 3.28. The molecule has 0 aliphatic carbocycles. The minimum atomic E-state index is -0.0585. The van der Waals surface area contributed by atoms with Crippen LogP contribution < -0.4 is 10.5 Å². The molecule has 2 aromatic carbocycles. The molecule has 0 bridgehead atoms. The van der Waals surface area contributed by atoms with Crippen LogP contribution in [0.5, 0.6) is 5.75 Å². The summed E-state index contributed by atoms with van der Waals surface area (Å²) in [6.07, 6.45) is 1.72. The standard InChI is InChI=1S/C16H14N2O2/c1-20-12-5-6-15-13(8-12)14(9-18-15)16(19)10-3-2-4-11(17)7-10/h2-9,18H,17H2,1H3. The molecule has 0 saturated heterocycles. The van der Waals surface area contributed by atoms with Gasteiger partial charge in [-0.1, -0.05) is 12.1 Å². The van der Waals surface area contributed by atoms with Gasteiger partial charge in [-0.15, -0.1) is 0 Å². The molecular formula is C16H14N2O2. The fourth-order valence-corrected chi connectivity index (χ4v) is 2.25. The average Bonchev–Trinajstić information content (AvgIpc) is 2.89. The van der Waals surface area contributed by atoms with E-state index in [1.807, 2.05) is 18.2 Å². The van der Waals surface area contributed by atoms with Gasteiger partial charge < -0.3 is 15.5 Å². The lowest BCUT2D eigenvalue weighted by Gasteiger charge is -2.03. The molecular weight excluding hydrogens is 252 g/mol. The fourth-order valence-electron chi connectivity index (χ4n) is 2.25. The van der Waals surface area contributed by atoms with Crippen LogP contribution in [0.2, 0.25) is 0 Å². The average molecular weight is 266 g/mol.